The second-order valence-corrected chi connectivity index (χ2v) is 6.56. The molecule has 0 amide bonds. The van der Waals surface area contributed by atoms with E-state index in [1.807, 2.05) is 0 Å². The number of aromatic nitrogens is 1. The van der Waals surface area contributed by atoms with Gasteiger partial charge in [0.25, 0.3) is 0 Å². The molecule has 0 saturated heterocycles. The topological polar surface area (TPSA) is 48.3 Å². The van der Waals surface area contributed by atoms with E-state index in [4.69, 9.17) is 11.6 Å². The fourth-order valence-corrected chi connectivity index (χ4v) is 3.27. The van der Waals surface area contributed by atoms with Gasteiger partial charge in [-0.3, -0.25) is 9.59 Å². The maximum Gasteiger partial charge on any atom is 0.417 e. The van der Waals surface area contributed by atoms with Crippen LogP contribution >= 0.6 is 11.6 Å². The average Bonchev–Trinajstić information content (AvgIpc) is 2.92. The molecule has 0 fully saturated rings. The molecule has 0 radical (unpaired) electrons. The summed E-state index contributed by atoms with van der Waals surface area (Å²) < 4.78 is 84.2. The van der Waals surface area contributed by atoms with Crippen LogP contribution in [0, 0.1) is 0 Å². The smallest absolute Gasteiger partial charge is 0.417 e. The maximum absolute atomic E-state index is 13.3. The molecule has 0 aliphatic heterocycles. The summed E-state index contributed by atoms with van der Waals surface area (Å²) in [6.07, 6.45) is -10.2. The Balaban J connectivity index is 2.63. The predicted octanol–water partition coefficient (Wildman–Crippen LogP) is 5.22. The molecule has 0 N–H and O–H groups in total. The zero-order valence-electron chi connectivity index (χ0n) is 15.2. The van der Waals surface area contributed by atoms with E-state index in [-0.39, 0.29) is 22.5 Å². The van der Waals surface area contributed by atoms with E-state index < -0.39 is 46.7 Å². The van der Waals surface area contributed by atoms with Crippen molar-refractivity contribution in [1.29, 1.82) is 0 Å². The average molecular weight is 442 g/mol. The van der Waals surface area contributed by atoms with Crippen LogP contribution in [0.3, 0.4) is 0 Å². The van der Waals surface area contributed by atoms with Gasteiger partial charge < -0.3 is 9.30 Å². The lowest BCUT2D eigenvalue weighted by Crippen LogP contribution is -2.19. The van der Waals surface area contributed by atoms with E-state index >= 15 is 0 Å². The highest BCUT2D eigenvalue weighted by atomic mass is 35.5. The number of alkyl halides is 6. The number of esters is 1. The Labute approximate surface area is 166 Å². The fourth-order valence-electron chi connectivity index (χ4n) is 2.88. The summed E-state index contributed by atoms with van der Waals surface area (Å²) >= 11 is 6.04. The van der Waals surface area contributed by atoms with Crippen LogP contribution in [-0.4, -0.2) is 23.4 Å². The summed E-state index contributed by atoms with van der Waals surface area (Å²) in [6, 6.07) is 1.80. The number of hydrogen-bond donors (Lipinski definition) is 0. The van der Waals surface area contributed by atoms with E-state index in [9.17, 15) is 35.9 Å². The number of ketones is 1. The van der Waals surface area contributed by atoms with Crippen molar-refractivity contribution in [3.05, 3.63) is 57.4 Å². The first-order chi connectivity index (χ1) is 13.2. The first kappa shape index (κ1) is 22.8. The zero-order valence-corrected chi connectivity index (χ0v) is 16.0. The van der Waals surface area contributed by atoms with Gasteiger partial charge in [0.05, 0.1) is 40.6 Å². The molecule has 1 unspecified atom stereocenters. The van der Waals surface area contributed by atoms with Crippen molar-refractivity contribution < 1.29 is 40.7 Å². The van der Waals surface area contributed by atoms with E-state index in [1.54, 1.807) is 0 Å². The Morgan fingerprint density at radius 1 is 1.07 bits per heavy atom. The molecular formula is C18H14ClF6NO3. The van der Waals surface area contributed by atoms with Crippen molar-refractivity contribution in [1.82, 2.24) is 4.57 Å². The van der Waals surface area contributed by atoms with Crippen molar-refractivity contribution in [2.24, 2.45) is 7.05 Å². The lowest BCUT2D eigenvalue weighted by molar-refractivity contribution is -0.144. The lowest BCUT2D eigenvalue weighted by atomic mass is 9.98. The van der Waals surface area contributed by atoms with Gasteiger partial charge in [-0.05, 0) is 31.2 Å². The minimum atomic E-state index is -5.21. The Morgan fingerprint density at radius 2 is 1.66 bits per heavy atom. The van der Waals surface area contributed by atoms with Gasteiger partial charge in [0, 0.05) is 12.6 Å². The van der Waals surface area contributed by atoms with Gasteiger partial charge in [-0.15, -0.1) is 0 Å². The monoisotopic (exact) mass is 441 g/mol. The van der Waals surface area contributed by atoms with E-state index in [2.05, 4.69) is 4.74 Å². The number of carbonyl (C=O) groups is 2. The van der Waals surface area contributed by atoms with Crippen molar-refractivity contribution in [3.8, 4) is 0 Å². The normalized spacial score (nSPS) is 13.3. The van der Waals surface area contributed by atoms with Crippen LogP contribution in [0.1, 0.15) is 45.7 Å². The maximum atomic E-state index is 13.3. The van der Waals surface area contributed by atoms with Crippen molar-refractivity contribution in [2.45, 2.75) is 25.2 Å². The number of methoxy groups -OCH3 is 1. The van der Waals surface area contributed by atoms with Crippen LogP contribution < -0.4 is 0 Å². The molecule has 0 spiro atoms. The molecule has 1 aromatic heterocycles. The molecule has 4 nitrogen and oxygen atoms in total. The van der Waals surface area contributed by atoms with Gasteiger partial charge in [-0.25, -0.2) is 0 Å². The highest BCUT2D eigenvalue weighted by Crippen LogP contribution is 2.38. The molecule has 1 aromatic carbocycles. The number of benzene rings is 1. The van der Waals surface area contributed by atoms with Gasteiger partial charge in [-0.2, -0.15) is 26.3 Å². The third kappa shape index (κ3) is 4.42. The zero-order chi connectivity index (χ0) is 22.3. The number of nitrogens with zero attached hydrogens (tertiary/aromatic N) is 1. The van der Waals surface area contributed by atoms with Gasteiger partial charge in [0.15, 0.2) is 0 Å². The second-order valence-electron chi connectivity index (χ2n) is 6.15. The van der Waals surface area contributed by atoms with Gasteiger partial charge in [0.1, 0.15) is 0 Å². The van der Waals surface area contributed by atoms with E-state index in [0.29, 0.717) is 12.1 Å². The van der Waals surface area contributed by atoms with Crippen LogP contribution in [-0.2, 0) is 28.9 Å². The predicted molar refractivity (Wildman–Crippen MR) is 90.7 cm³/mol. The third-order valence-corrected chi connectivity index (χ3v) is 4.63. The van der Waals surface area contributed by atoms with Crippen molar-refractivity contribution >= 4 is 23.4 Å². The number of ether oxygens (including phenoxy) is 1. The SMILES string of the molecule is COC(=O)C(C)c1c(Cl)cc(C(=O)c2ccc(C(F)(F)F)cc2C(F)(F)F)n1C. The van der Waals surface area contributed by atoms with Crippen LogP contribution in [0.25, 0.3) is 0 Å². The lowest BCUT2D eigenvalue weighted by Gasteiger charge is -2.16. The first-order valence-electron chi connectivity index (χ1n) is 7.96. The highest BCUT2D eigenvalue weighted by molar-refractivity contribution is 6.32. The molecule has 0 bridgehead atoms. The van der Waals surface area contributed by atoms with E-state index in [1.165, 1.54) is 14.0 Å². The molecule has 2 aromatic rings. The van der Waals surface area contributed by atoms with Crippen LogP contribution in [0.15, 0.2) is 24.3 Å². The van der Waals surface area contributed by atoms with E-state index in [0.717, 1.165) is 17.7 Å². The summed E-state index contributed by atoms with van der Waals surface area (Å²) in [5.41, 5.74) is -4.45. The number of halogens is 7. The molecule has 0 aliphatic carbocycles. The number of carbonyl (C=O) groups excluding carboxylic acids is 2. The molecule has 1 atom stereocenters. The Morgan fingerprint density at radius 3 is 2.14 bits per heavy atom. The number of hydrogen-bond acceptors (Lipinski definition) is 3. The summed E-state index contributed by atoms with van der Waals surface area (Å²) in [4.78, 5) is 24.5. The quantitative estimate of drug-likeness (QED) is 0.371. The van der Waals surface area contributed by atoms with Crippen molar-refractivity contribution in [3.63, 3.8) is 0 Å². The Hall–Kier alpha value is -2.49. The molecule has 2 rings (SSSR count). The van der Waals surface area contributed by atoms with Crippen molar-refractivity contribution in [2.75, 3.05) is 7.11 Å². The minimum absolute atomic E-state index is 0.0748. The standard InChI is InChI=1S/C18H14ClF6NO3/c1-8(16(28)29-3)14-12(19)7-13(26(14)2)15(27)10-5-4-9(17(20,21)22)6-11(10)18(23,24)25/h4-8H,1-3H3. The molecule has 0 aliphatic rings. The van der Waals surface area contributed by atoms with Gasteiger partial charge >= 0.3 is 18.3 Å². The molecular weight excluding hydrogens is 428 g/mol. The summed E-state index contributed by atoms with van der Waals surface area (Å²) in [7, 11) is 2.42. The van der Waals surface area contributed by atoms with Crippen LogP contribution in [0.2, 0.25) is 5.02 Å². The van der Waals surface area contributed by atoms with Crippen LogP contribution in [0.5, 0.6) is 0 Å². The Bertz CT molecular complexity index is 962. The Kier molecular flexibility index (Phi) is 6.08. The summed E-state index contributed by atoms with van der Waals surface area (Å²) in [6.45, 7) is 1.42. The molecule has 1 heterocycles. The molecule has 158 valence electrons. The molecule has 0 saturated carbocycles. The fraction of sp³-hybridized carbons (Fsp3) is 0.333. The molecule has 29 heavy (non-hydrogen) atoms. The summed E-state index contributed by atoms with van der Waals surface area (Å²) in [5.74, 6) is -2.83. The first-order valence-corrected chi connectivity index (χ1v) is 8.34. The molecule has 11 heteroatoms. The van der Waals surface area contributed by atoms with Gasteiger partial charge in [-0.1, -0.05) is 11.6 Å². The second kappa shape index (κ2) is 7.74. The highest BCUT2D eigenvalue weighted by Gasteiger charge is 2.40. The summed E-state index contributed by atoms with van der Waals surface area (Å²) in [5, 5.41) is -0.0748. The van der Waals surface area contributed by atoms with Gasteiger partial charge in [0.2, 0.25) is 5.78 Å². The van der Waals surface area contributed by atoms with Crippen LogP contribution in [0.4, 0.5) is 26.3 Å². The minimum Gasteiger partial charge on any atom is -0.469 e. The number of rotatable bonds is 4. The third-order valence-electron chi connectivity index (χ3n) is 4.33. The largest absolute Gasteiger partial charge is 0.469 e.